The average Bonchev–Trinajstić information content (AvgIpc) is 2.61. The van der Waals surface area contributed by atoms with Crippen molar-refractivity contribution in [2.75, 3.05) is 0 Å². The second kappa shape index (κ2) is 4.26. The Kier molecular flexibility index (Phi) is 3.00. The maximum absolute atomic E-state index is 12.7. The molecule has 0 atom stereocenters. The number of rotatable bonds is 2. The summed E-state index contributed by atoms with van der Waals surface area (Å²) in [4.78, 5) is 5.01. The van der Waals surface area contributed by atoms with E-state index in [1.165, 1.54) is 23.5 Å². The molecule has 2 N–H and O–H groups in total. The molecule has 0 saturated carbocycles. The molecule has 0 unspecified atom stereocenters. The summed E-state index contributed by atoms with van der Waals surface area (Å²) in [5.74, 6) is -0.263. The van der Waals surface area contributed by atoms with E-state index in [-0.39, 0.29) is 5.82 Å². The van der Waals surface area contributed by atoms with Crippen LogP contribution < -0.4 is 5.73 Å². The van der Waals surface area contributed by atoms with Gasteiger partial charge in [0, 0.05) is 12.1 Å². The summed E-state index contributed by atoms with van der Waals surface area (Å²) >= 11 is 7.30. The van der Waals surface area contributed by atoms with E-state index in [2.05, 4.69) is 4.98 Å². The molecule has 0 radical (unpaired) electrons. The molecule has 2 rings (SSSR count). The van der Waals surface area contributed by atoms with Gasteiger partial charge < -0.3 is 5.73 Å². The Labute approximate surface area is 95.5 Å². The van der Waals surface area contributed by atoms with Crippen LogP contribution >= 0.6 is 22.9 Å². The molecule has 0 aliphatic heterocycles. The zero-order chi connectivity index (χ0) is 10.8. The monoisotopic (exact) mass is 242 g/mol. The molecular formula is C10H8ClFN2S. The summed E-state index contributed by atoms with van der Waals surface area (Å²) in [5, 5.41) is 1.20. The van der Waals surface area contributed by atoms with E-state index in [0.29, 0.717) is 11.7 Å². The topological polar surface area (TPSA) is 38.9 Å². The number of hydrogen-bond acceptors (Lipinski definition) is 3. The van der Waals surface area contributed by atoms with E-state index in [1.807, 2.05) is 0 Å². The number of benzene rings is 1. The van der Waals surface area contributed by atoms with Crippen molar-refractivity contribution in [1.82, 2.24) is 4.98 Å². The highest BCUT2D eigenvalue weighted by molar-refractivity contribution is 7.15. The average molecular weight is 243 g/mol. The summed E-state index contributed by atoms with van der Waals surface area (Å²) in [6.45, 7) is 0.373. The minimum atomic E-state index is -0.263. The van der Waals surface area contributed by atoms with Crippen LogP contribution in [0, 0.1) is 5.82 Å². The highest BCUT2D eigenvalue weighted by Crippen LogP contribution is 2.30. The molecule has 1 heterocycles. The van der Waals surface area contributed by atoms with E-state index >= 15 is 0 Å². The van der Waals surface area contributed by atoms with Gasteiger partial charge in [0.1, 0.15) is 16.0 Å². The summed E-state index contributed by atoms with van der Waals surface area (Å²) in [6, 6.07) is 6.13. The van der Waals surface area contributed by atoms with Gasteiger partial charge in [-0.3, -0.25) is 0 Å². The molecule has 5 heteroatoms. The lowest BCUT2D eigenvalue weighted by Crippen LogP contribution is -1.92. The Hall–Kier alpha value is -0.970. The molecular weight excluding hydrogens is 235 g/mol. The van der Waals surface area contributed by atoms with Crippen LogP contribution in [0.5, 0.6) is 0 Å². The van der Waals surface area contributed by atoms with Crippen LogP contribution in [0.25, 0.3) is 10.6 Å². The first-order valence-corrected chi connectivity index (χ1v) is 5.51. The van der Waals surface area contributed by atoms with Crippen molar-refractivity contribution in [1.29, 1.82) is 0 Å². The zero-order valence-corrected chi connectivity index (χ0v) is 9.28. The van der Waals surface area contributed by atoms with Crippen molar-refractivity contribution in [2.24, 2.45) is 5.73 Å². The van der Waals surface area contributed by atoms with Gasteiger partial charge in [-0.25, -0.2) is 9.37 Å². The first-order chi connectivity index (χ1) is 7.20. The molecule has 2 aromatic rings. The van der Waals surface area contributed by atoms with Gasteiger partial charge in [0.25, 0.3) is 0 Å². The minimum absolute atomic E-state index is 0.263. The normalized spacial score (nSPS) is 10.6. The summed E-state index contributed by atoms with van der Waals surface area (Å²) in [7, 11) is 0. The molecule has 2 nitrogen and oxygen atoms in total. The first kappa shape index (κ1) is 10.5. The predicted octanol–water partition coefficient (Wildman–Crippen LogP) is 3.06. The lowest BCUT2D eigenvalue weighted by molar-refractivity contribution is 0.628. The number of thiazole rings is 1. The van der Waals surface area contributed by atoms with Gasteiger partial charge in [0.2, 0.25) is 0 Å². The molecule has 0 aliphatic rings. The molecule has 0 amide bonds. The van der Waals surface area contributed by atoms with E-state index in [1.54, 1.807) is 12.1 Å². The molecule has 15 heavy (non-hydrogen) atoms. The van der Waals surface area contributed by atoms with E-state index in [9.17, 15) is 4.39 Å². The van der Waals surface area contributed by atoms with Gasteiger partial charge in [-0.1, -0.05) is 11.6 Å². The molecule has 0 aliphatic carbocycles. The minimum Gasteiger partial charge on any atom is -0.326 e. The van der Waals surface area contributed by atoms with Gasteiger partial charge in [0.15, 0.2) is 0 Å². The zero-order valence-electron chi connectivity index (χ0n) is 7.71. The predicted molar refractivity (Wildman–Crippen MR) is 60.4 cm³/mol. The van der Waals surface area contributed by atoms with E-state index < -0.39 is 0 Å². The number of nitrogens with two attached hydrogens (primary N) is 1. The molecule has 1 aromatic heterocycles. The fraction of sp³-hybridized carbons (Fsp3) is 0.100. The molecule has 78 valence electrons. The van der Waals surface area contributed by atoms with Crippen LogP contribution in [0.4, 0.5) is 4.39 Å². The van der Waals surface area contributed by atoms with Gasteiger partial charge >= 0.3 is 0 Å². The van der Waals surface area contributed by atoms with Crippen molar-refractivity contribution in [3.63, 3.8) is 0 Å². The van der Waals surface area contributed by atoms with Crippen LogP contribution in [-0.4, -0.2) is 4.98 Å². The SMILES string of the molecule is NCc1sc(-c2ccc(F)cc2)nc1Cl. The third-order valence-corrected chi connectivity index (χ3v) is 3.48. The van der Waals surface area contributed by atoms with Crippen molar-refractivity contribution in [3.05, 3.63) is 40.1 Å². The number of halogens is 2. The van der Waals surface area contributed by atoms with Gasteiger partial charge in [-0.05, 0) is 24.3 Å². The lowest BCUT2D eigenvalue weighted by atomic mass is 10.2. The first-order valence-electron chi connectivity index (χ1n) is 4.32. The van der Waals surface area contributed by atoms with E-state index in [0.717, 1.165) is 15.4 Å². The fourth-order valence-corrected chi connectivity index (χ4v) is 2.34. The van der Waals surface area contributed by atoms with Gasteiger partial charge in [-0.2, -0.15) is 0 Å². The van der Waals surface area contributed by atoms with E-state index in [4.69, 9.17) is 17.3 Å². The van der Waals surface area contributed by atoms with Gasteiger partial charge in [0.05, 0.1) is 4.88 Å². The Bertz CT molecular complexity index is 467. The molecule has 0 saturated heterocycles. The molecule has 0 spiro atoms. The standard InChI is InChI=1S/C10H8ClFN2S/c11-9-8(5-13)15-10(14-9)6-1-3-7(12)4-2-6/h1-4H,5,13H2. The molecule has 1 aromatic carbocycles. The van der Waals surface area contributed by atoms with Gasteiger partial charge in [-0.15, -0.1) is 11.3 Å². The van der Waals surface area contributed by atoms with Crippen molar-refractivity contribution < 1.29 is 4.39 Å². The van der Waals surface area contributed by atoms with Crippen LogP contribution in [0.1, 0.15) is 4.88 Å². The highest BCUT2D eigenvalue weighted by Gasteiger charge is 2.09. The van der Waals surface area contributed by atoms with Crippen LogP contribution in [0.2, 0.25) is 5.15 Å². The fourth-order valence-electron chi connectivity index (χ4n) is 1.17. The Morgan fingerprint density at radius 1 is 1.33 bits per heavy atom. The quantitative estimate of drug-likeness (QED) is 0.879. The molecule has 0 bridgehead atoms. The summed E-state index contributed by atoms with van der Waals surface area (Å²) in [6.07, 6.45) is 0. The summed E-state index contributed by atoms with van der Waals surface area (Å²) in [5.41, 5.74) is 6.34. The largest absolute Gasteiger partial charge is 0.326 e. The van der Waals surface area contributed by atoms with Crippen LogP contribution in [0.3, 0.4) is 0 Å². The number of nitrogens with zero attached hydrogens (tertiary/aromatic N) is 1. The summed E-state index contributed by atoms with van der Waals surface area (Å²) < 4.78 is 12.7. The van der Waals surface area contributed by atoms with Crippen LogP contribution in [-0.2, 0) is 6.54 Å². The smallest absolute Gasteiger partial charge is 0.145 e. The second-order valence-corrected chi connectivity index (χ2v) is 4.39. The Morgan fingerprint density at radius 2 is 2.00 bits per heavy atom. The second-order valence-electron chi connectivity index (χ2n) is 2.94. The highest BCUT2D eigenvalue weighted by atomic mass is 35.5. The Balaban J connectivity index is 2.41. The van der Waals surface area contributed by atoms with Crippen molar-refractivity contribution >= 4 is 22.9 Å². The van der Waals surface area contributed by atoms with Crippen molar-refractivity contribution in [3.8, 4) is 10.6 Å². The number of hydrogen-bond donors (Lipinski definition) is 1. The molecule has 0 fully saturated rings. The third-order valence-electron chi connectivity index (χ3n) is 1.93. The number of aromatic nitrogens is 1. The van der Waals surface area contributed by atoms with Crippen LogP contribution in [0.15, 0.2) is 24.3 Å². The third kappa shape index (κ3) is 2.17. The maximum atomic E-state index is 12.7. The van der Waals surface area contributed by atoms with Crippen molar-refractivity contribution in [2.45, 2.75) is 6.54 Å². The maximum Gasteiger partial charge on any atom is 0.145 e. The lowest BCUT2D eigenvalue weighted by Gasteiger charge is -1.94. The Morgan fingerprint density at radius 3 is 2.53 bits per heavy atom.